The molecule has 2 heterocycles. The van der Waals surface area contributed by atoms with Crippen molar-refractivity contribution >= 4 is 34.1 Å². The fourth-order valence-electron chi connectivity index (χ4n) is 3.64. The normalized spacial score (nSPS) is 24.1. The lowest BCUT2D eigenvalue weighted by Gasteiger charge is -2.44. The molecule has 2 aliphatic rings. The van der Waals surface area contributed by atoms with Crippen LogP contribution in [0.2, 0.25) is 0 Å². The van der Waals surface area contributed by atoms with Crippen LogP contribution < -0.4 is 5.32 Å². The second-order valence-electron chi connectivity index (χ2n) is 6.17. The second kappa shape index (κ2) is 8.15. The summed E-state index contributed by atoms with van der Waals surface area (Å²) in [7, 11) is 0. The minimum absolute atomic E-state index is 0.266. The Balaban J connectivity index is 1.52. The van der Waals surface area contributed by atoms with Crippen LogP contribution >= 0.6 is 23.1 Å². The first-order chi connectivity index (χ1) is 11.3. The number of fused-ring (bicyclic) bond motifs is 1. The van der Waals surface area contributed by atoms with E-state index < -0.39 is 0 Å². The third-order valence-electron chi connectivity index (χ3n) is 4.69. The van der Waals surface area contributed by atoms with Gasteiger partial charge in [-0.1, -0.05) is 42.0 Å². The minimum Gasteiger partial charge on any atom is -0.357 e. The maximum absolute atomic E-state index is 12.6. The molecule has 0 bridgehead atoms. The summed E-state index contributed by atoms with van der Waals surface area (Å²) in [6.07, 6.45) is 9.35. The van der Waals surface area contributed by atoms with Crippen molar-refractivity contribution in [3.63, 3.8) is 0 Å². The standard InChI is InChI=1S/C16H24N4OS2/c1-2-9-17-15-18-19-16(23-15)22-11-14(21)20-10-5-7-12-6-3-4-8-13(12)20/h2,12-13H,1,3-11H2,(H,17,18). The van der Waals surface area contributed by atoms with Crippen LogP contribution in [0, 0.1) is 5.92 Å². The van der Waals surface area contributed by atoms with Gasteiger partial charge < -0.3 is 10.2 Å². The average molecular weight is 353 g/mol. The Morgan fingerprint density at radius 2 is 2.17 bits per heavy atom. The molecule has 1 saturated carbocycles. The van der Waals surface area contributed by atoms with E-state index in [1.165, 1.54) is 55.2 Å². The molecule has 2 atom stereocenters. The Labute approximate surface area is 145 Å². The van der Waals surface area contributed by atoms with Crippen molar-refractivity contribution in [2.24, 2.45) is 5.92 Å². The van der Waals surface area contributed by atoms with E-state index >= 15 is 0 Å². The number of thioether (sulfide) groups is 1. The van der Waals surface area contributed by atoms with Gasteiger partial charge >= 0.3 is 0 Å². The Hall–Kier alpha value is -1.08. The first-order valence-corrected chi connectivity index (χ1v) is 10.2. The van der Waals surface area contributed by atoms with Crippen LogP contribution in [0.4, 0.5) is 5.13 Å². The maximum atomic E-state index is 12.6. The van der Waals surface area contributed by atoms with Crippen LogP contribution in [-0.2, 0) is 4.79 Å². The van der Waals surface area contributed by atoms with Crippen molar-refractivity contribution in [2.45, 2.75) is 48.9 Å². The van der Waals surface area contributed by atoms with Crippen LogP contribution in [-0.4, -0.2) is 45.9 Å². The van der Waals surface area contributed by atoms with E-state index in [1.807, 2.05) is 0 Å². The molecule has 1 N–H and O–H groups in total. The van der Waals surface area contributed by atoms with Crippen molar-refractivity contribution in [3.8, 4) is 0 Å². The smallest absolute Gasteiger partial charge is 0.233 e. The molecule has 5 nitrogen and oxygen atoms in total. The van der Waals surface area contributed by atoms with Gasteiger partial charge in [-0.15, -0.1) is 16.8 Å². The minimum atomic E-state index is 0.266. The number of rotatable bonds is 6. The van der Waals surface area contributed by atoms with Gasteiger partial charge in [0.1, 0.15) is 0 Å². The average Bonchev–Trinajstić information content (AvgIpc) is 3.05. The summed E-state index contributed by atoms with van der Waals surface area (Å²) in [5.41, 5.74) is 0. The van der Waals surface area contributed by atoms with Gasteiger partial charge in [0, 0.05) is 19.1 Å². The summed E-state index contributed by atoms with van der Waals surface area (Å²) in [4.78, 5) is 14.8. The topological polar surface area (TPSA) is 58.1 Å². The third-order valence-corrected chi connectivity index (χ3v) is 6.69. The van der Waals surface area contributed by atoms with E-state index in [1.54, 1.807) is 6.08 Å². The Morgan fingerprint density at radius 1 is 1.35 bits per heavy atom. The van der Waals surface area contributed by atoms with Gasteiger partial charge in [-0.3, -0.25) is 4.79 Å². The van der Waals surface area contributed by atoms with Crippen LogP contribution in [0.3, 0.4) is 0 Å². The quantitative estimate of drug-likeness (QED) is 0.628. The Morgan fingerprint density at radius 3 is 3.04 bits per heavy atom. The van der Waals surface area contributed by atoms with E-state index in [4.69, 9.17) is 0 Å². The van der Waals surface area contributed by atoms with Crippen molar-refractivity contribution in [1.82, 2.24) is 15.1 Å². The number of nitrogens with zero attached hydrogens (tertiary/aromatic N) is 3. The van der Waals surface area contributed by atoms with Crippen molar-refractivity contribution in [1.29, 1.82) is 0 Å². The molecular weight excluding hydrogens is 328 g/mol. The van der Waals surface area contributed by atoms with Crippen molar-refractivity contribution in [3.05, 3.63) is 12.7 Å². The molecule has 7 heteroatoms. The molecule has 0 aromatic carbocycles. The second-order valence-corrected chi connectivity index (χ2v) is 8.37. The van der Waals surface area contributed by atoms with E-state index in [2.05, 4.69) is 27.0 Å². The highest BCUT2D eigenvalue weighted by atomic mass is 32.2. The first-order valence-electron chi connectivity index (χ1n) is 8.38. The SMILES string of the molecule is C=CCNc1nnc(SCC(=O)N2CCCC3CCCCC32)s1. The summed E-state index contributed by atoms with van der Waals surface area (Å²) in [5, 5.41) is 12.1. The summed E-state index contributed by atoms with van der Waals surface area (Å²) < 4.78 is 0.849. The van der Waals surface area contributed by atoms with Gasteiger partial charge in [0.2, 0.25) is 11.0 Å². The highest BCUT2D eigenvalue weighted by Crippen LogP contribution is 2.36. The van der Waals surface area contributed by atoms with Gasteiger partial charge in [0.15, 0.2) is 4.34 Å². The van der Waals surface area contributed by atoms with Gasteiger partial charge in [0.05, 0.1) is 5.75 Å². The number of aromatic nitrogens is 2. The Bertz CT molecular complexity index is 546. The van der Waals surface area contributed by atoms with E-state index in [-0.39, 0.29) is 5.91 Å². The summed E-state index contributed by atoms with van der Waals surface area (Å²) in [6, 6.07) is 0.491. The zero-order valence-electron chi connectivity index (χ0n) is 13.4. The molecule has 1 aromatic rings. The van der Waals surface area contributed by atoms with Gasteiger partial charge in [0.25, 0.3) is 0 Å². The molecule has 2 fully saturated rings. The molecule has 23 heavy (non-hydrogen) atoms. The number of nitrogens with one attached hydrogen (secondary N) is 1. The molecular formula is C16H24N4OS2. The molecule has 1 aromatic heterocycles. The third kappa shape index (κ3) is 4.26. The van der Waals surface area contributed by atoms with Gasteiger partial charge in [-0.2, -0.15) is 0 Å². The summed E-state index contributed by atoms with van der Waals surface area (Å²) in [6.45, 7) is 5.27. The number of piperidine rings is 1. The number of anilines is 1. The lowest BCUT2D eigenvalue weighted by Crippen LogP contribution is -2.50. The maximum Gasteiger partial charge on any atom is 0.233 e. The van der Waals surface area contributed by atoms with E-state index in [9.17, 15) is 4.79 Å². The molecule has 0 spiro atoms. The van der Waals surface area contributed by atoms with Crippen LogP contribution in [0.1, 0.15) is 38.5 Å². The number of carbonyl (C=O) groups is 1. The molecule has 1 amide bonds. The highest BCUT2D eigenvalue weighted by Gasteiger charge is 2.35. The fourth-order valence-corrected chi connectivity index (χ4v) is 5.28. The molecule has 1 saturated heterocycles. The molecule has 1 aliphatic carbocycles. The number of likely N-dealkylation sites (tertiary alicyclic amines) is 1. The number of hydrogen-bond acceptors (Lipinski definition) is 6. The predicted molar refractivity (Wildman–Crippen MR) is 96.0 cm³/mol. The predicted octanol–water partition coefficient (Wildman–Crippen LogP) is 3.41. The van der Waals surface area contributed by atoms with Crippen molar-refractivity contribution in [2.75, 3.05) is 24.2 Å². The zero-order chi connectivity index (χ0) is 16.1. The van der Waals surface area contributed by atoms with Crippen molar-refractivity contribution < 1.29 is 4.79 Å². The molecule has 2 unspecified atom stereocenters. The largest absolute Gasteiger partial charge is 0.357 e. The first kappa shape index (κ1) is 16.8. The number of carbonyl (C=O) groups excluding carboxylic acids is 1. The summed E-state index contributed by atoms with van der Waals surface area (Å²) in [5.74, 6) is 1.48. The number of amides is 1. The van der Waals surface area contributed by atoms with Crippen LogP contribution in [0.25, 0.3) is 0 Å². The van der Waals surface area contributed by atoms with Crippen LogP contribution in [0.5, 0.6) is 0 Å². The highest BCUT2D eigenvalue weighted by molar-refractivity contribution is 8.01. The molecule has 1 aliphatic heterocycles. The van der Waals surface area contributed by atoms with Crippen LogP contribution in [0.15, 0.2) is 17.0 Å². The van der Waals surface area contributed by atoms with Gasteiger partial charge in [-0.25, -0.2) is 0 Å². The van der Waals surface area contributed by atoms with E-state index in [0.29, 0.717) is 18.3 Å². The monoisotopic (exact) mass is 352 g/mol. The lowest BCUT2D eigenvalue weighted by atomic mass is 9.78. The Kier molecular flexibility index (Phi) is 5.94. The zero-order valence-corrected chi connectivity index (χ0v) is 15.0. The lowest BCUT2D eigenvalue weighted by molar-refractivity contribution is -0.134. The molecule has 126 valence electrons. The fraction of sp³-hybridized carbons (Fsp3) is 0.688. The number of hydrogen-bond donors (Lipinski definition) is 1. The van der Waals surface area contributed by atoms with E-state index in [0.717, 1.165) is 28.4 Å². The van der Waals surface area contributed by atoms with Gasteiger partial charge in [-0.05, 0) is 31.6 Å². The molecule has 0 radical (unpaired) electrons. The summed E-state index contributed by atoms with van der Waals surface area (Å²) >= 11 is 3.00. The molecule has 3 rings (SSSR count).